The van der Waals surface area contributed by atoms with E-state index >= 15 is 0 Å². The van der Waals surface area contributed by atoms with Gasteiger partial charge in [-0.15, -0.1) is 0 Å². The Labute approximate surface area is 172 Å². The molecular formula is C23H19N3O4. The summed E-state index contributed by atoms with van der Waals surface area (Å²) in [7, 11) is 0. The van der Waals surface area contributed by atoms with Crippen molar-refractivity contribution in [2.75, 3.05) is 5.32 Å². The lowest BCUT2D eigenvalue weighted by Gasteiger charge is -2.10. The summed E-state index contributed by atoms with van der Waals surface area (Å²) in [6.07, 6.45) is 0. The standard InChI is InChI=1S/C23H19N3O4/c1-13-8-9-16(23-25-19-10-14(2)15(3)11-21(19)30-23)12-18(13)24-22(27)17-6-4-5-7-20(17)26(28)29/h4-12H,1-3H3,(H,24,27). The molecule has 0 unspecified atom stereocenters. The van der Waals surface area contributed by atoms with Crippen LogP contribution in [0.4, 0.5) is 11.4 Å². The molecule has 0 spiro atoms. The molecule has 7 heteroatoms. The van der Waals surface area contributed by atoms with Gasteiger partial charge in [-0.05, 0) is 67.8 Å². The molecule has 0 bridgehead atoms. The molecule has 0 fully saturated rings. The van der Waals surface area contributed by atoms with E-state index < -0.39 is 10.8 Å². The Kier molecular flexibility index (Phi) is 4.79. The quantitative estimate of drug-likeness (QED) is 0.355. The summed E-state index contributed by atoms with van der Waals surface area (Å²) in [5.41, 5.74) is 5.51. The zero-order chi connectivity index (χ0) is 21.4. The third-order valence-electron chi connectivity index (χ3n) is 5.08. The van der Waals surface area contributed by atoms with Gasteiger partial charge in [0.2, 0.25) is 5.89 Å². The van der Waals surface area contributed by atoms with Crippen molar-refractivity contribution in [2.24, 2.45) is 0 Å². The number of nitro benzene ring substituents is 1. The third-order valence-corrected chi connectivity index (χ3v) is 5.08. The van der Waals surface area contributed by atoms with Crippen LogP contribution >= 0.6 is 0 Å². The molecular weight excluding hydrogens is 382 g/mol. The predicted octanol–water partition coefficient (Wildman–Crippen LogP) is 5.58. The van der Waals surface area contributed by atoms with Gasteiger partial charge >= 0.3 is 0 Å². The zero-order valence-electron chi connectivity index (χ0n) is 16.7. The topological polar surface area (TPSA) is 98.3 Å². The molecule has 0 radical (unpaired) electrons. The number of carbonyl (C=O) groups is 1. The molecule has 0 atom stereocenters. The van der Waals surface area contributed by atoms with E-state index in [1.807, 2.05) is 45.0 Å². The molecule has 7 nitrogen and oxygen atoms in total. The van der Waals surface area contributed by atoms with Crippen molar-refractivity contribution in [1.29, 1.82) is 0 Å². The fourth-order valence-corrected chi connectivity index (χ4v) is 3.21. The number of aryl methyl sites for hydroxylation is 3. The number of nitrogens with one attached hydrogen (secondary N) is 1. The highest BCUT2D eigenvalue weighted by atomic mass is 16.6. The van der Waals surface area contributed by atoms with Gasteiger partial charge in [0, 0.05) is 17.3 Å². The molecule has 0 saturated heterocycles. The lowest BCUT2D eigenvalue weighted by atomic mass is 10.1. The molecule has 0 aliphatic carbocycles. The van der Waals surface area contributed by atoms with Gasteiger partial charge in [-0.1, -0.05) is 18.2 Å². The number of nitro groups is 1. The van der Waals surface area contributed by atoms with Crippen molar-refractivity contribution in [3.63, 3.8) is 0 Å². The highest BCUT2D eigenvalue weighted by molar-refractivity contribution is 6.07. The van der Waals surface area contributed by atoms with E-state index in [0.29, 0.717) is 22.7 Å². The van der Waals surface area contributed by atoms with Gasteiger partial charge in [0.25, 0.3) is 11.6 Å². The smallest absolute Gasteiger partial charge is 0.282 e. The Morgan fingerprint density at radius 3 is 2.50 bits per heavy atom. The highest BCUT2D eigenvalue weighted by Gasteiger charge is 2.20. The lowest BCUT2D eigenvalue weighted by molar-refractivity contribution is -0.385. The maximum absolute atomic E-state index is 12.7. The van der Waals surface area contributed by atoms with E-state index in [-0.39, 0.29) is 11.3 Å². The van der Waals surface area contributed by atoms with Gasteiger partial charge in [-0.3, -0.25) is 14.9 Å². The van der Waals surface area contributed by atoms with Crippen LogP contribution < -0.4 is 5.32 Å². The first-order valence-corrected chi connectivity index (χ1v) is 9.37. The van der Waals surface area contributed by atoms with Crippen molar-refractivity contribution in [3.05, 3.63) is 87.0 Å². The summed E-state index contributed by atoms with van der Waals surface area (Å²) in [5.74, 6) is -0.109. The number of aromatic nitrogens is 1. The first-order valence-electron chi connectivity index (χ1n) is 9.37. The molecule has 0 saturated carbocycles. The van der Waals surface area contributed by atoms with E-state index in [4.69, 9.17) is 4.42 Å². The molecule has 1 amide bonds. The van der Waals surface area contributed by atoms with Crippen LogP contribution in [0, 0.1) is 30.9 Å². The summed E-state index contributed by atoms with van der Waals surface area (Å²) >= 11 is 0. The van der Waals surface area contributed by atoms with Crippen molar-refractivity contribution in [2.45, 2.75) is 20.8 Å². The molecule has 4 rings (SSSR count). The molecule has 4 aromatic rings. The second-order valence-electron chi connectivity index (χ2n) is 7.18. The van der Waals surface area contributed by atoms with E-state index in [1.165, 1.54) is 18.2 Å². The number of hydrogen-bond acceptors (Lipinski definition) is 5. The number of hydrogen-bond donors (Lipinski definition) is 1. The van der Waals surface area contributed by atoms with Crippen LogP contribution in [0.3, 0.4) is 0 Å². The second-order valence-corrected chi connectivity index (χ2v) is 7.18. The number of carbonyl (C=O) groups excluding carboxylic acids is 1. The maximum Gasteiger partial charge on any atom is 0.282 e. The number of fused-ring (bicyclic) bond motifs is 1. The second kappa shape index (κ2) is 7.44. The number of benzene rings is 3. The molecule has 1 N–H and O–H groups in total. The first-order chi connectivity index (χ1) is 14.3. The molecule has 1 aromatic heterocycles. The summed E-state index contributed by atoms with van der Waals surface area (Å²) in [6.45, 7) is 5.88. The fraction of sp³-hybridized carbons (Fsp3) is 0.130. The molecule has 150 valence electrons. The number of para-hydroxylation sites is 1. The monoisotopic (exact) mass is 401 g/mol. The minimum Gasteiger partial charge on any atom is -0.436 e. The predicted molar refractivity (Wildman–Crippen MR) is 115 cm³/mol. The van der Waals surface area contributed by atoms with E-state index in [0.717, 1.165) is 22.2 Å². The van der Waals surface area contributed by atoms with Crippen LogP contribution in [-0.2, 0) is 0 Å². The van der Waals surface area contributed by atoms with Gasteiger partial charge in [0.1, 0.15) is 11.1 Å². The van der Waals surface area contributed by atoms with Crippen LogP contribution in [0.15, 0.2) is 59.0 Å². The third kappa shape index (κ3) is 3.53. The Morgan fingerprint density at radius 2 is 1.73 bits per heavy atom. The van der Waals surface area contributed by atoms with Gasteiger partial charge in [0.05, 0.1) is 4.92 Å². The largest absolute Gasteiger partial charge is 0.436 e. The number of oxazole rings is 1. The van der Waals surface area contributed by atoms with Crippen molar-refractivity contribution in [1.82, 2.24) is 4.98 Å². The number of nitrogens with zero attached hydrogens (tertiary/aromatic N) is 2. The Bertz CT molecular complexity index is 1270. The van der Waals surface area contributed by atoms with Crippen LogP contribution in [-0.4, -0.2) is 15.8 Å². The summed E-state index contributed by atoms with van der Waals surface area (Å²) in [4.78, 5) is 27.9. The van der Waals surface area contributed by atoms with Crippen LogP contribution in [0.2, 0.25) is 0 Å². The summed E-state index contributed by atoms with van der Waals surface area (Å²) in [5, 5.41) is 14.0. The van der Waals surface area contributed by atoms with Gasteiger partial charge in [-0.25, -0.2) is 4.98 Å². The van der Waals surface area contributed by atoms with Crippen LogP contribution in [0.25, 0.3) is 22.6 Å². The first kappa shape index (κ1) is 19.3. The van der Waals surface area contributed by atoms with E-state index in [2.05, 4.69) is 10.3 Å². The van der Waals surface area contributed by atoms with Crippen molar-refractivity contribution >= 4 is 28.4 Å². The van der Waals surface area contributed by atoms with Gasteiger partial charge < -0.3 is 9.73 Å². The molecule has 0 aliphatic heterocycles. The summed E-state index contributed by atoms with van der Waals surface area (Å²) in [6, 6.07) is 15.2. The van der Waals surface area contributed by atoms with Crippen molar-refractivity contribution < 1.29 is 14.1 Å². The average molecular weight is 401 g/mol. The van der Waals surface area contributed by atoms with Crippen molar-refractivity contribution in [3.8, 4) is 11.5 Å². The Balaban J connectivity index is 1.69. The molecule has 3 aromatic carbocycles. The maximum atomic E-state index is 12.7. The Hall–Kier alpha value is -4.00. The number of rotatable bonds is 4. The minimum atomic E-state index is -0.569. The SMILES string of the molecule is Cc1cc2nc(-c3ccc(C)c(NC(=O)c4ccccc4[N+](=O)[O-])c3)oc2cc1C. The lowest BCUT2D eigenvalue weighted by Crippen LogP contribution is -2.14. The highest BCUT2D eigenvalue weighted by Crippen LogP contribution is 2.30. The molecule has 30 heavy (non-hydrogen) atoms. The van der Waals surface area contributed by atoms with E-state index in [9.17, 15) is 14.9 Å². The number of anilines is 1. The fourth-order valence-electron chi connectivity index (χ4n) is 3.21. The molecule has 0 aliphatic rings. The van der Waals surface area contributed by atoms with Gasteiger partial charge in [0.15, 0.2) is 5.58 Å². The van der Waals surface area contributed by atoms with Gasteiger partial charge in [-0.2, -0.15) is 0 Å². The minimum absolute atomic E-state index is 0.000107. The normalized spacial score (nSPS) is 10.9. The summed E-state index contributed by atoms with van der Waals surface area (Å²) < 4.78 is 5.91. The zero-order valence-corrected chi connectivity index (χ0v) is 16.7. The number of amides is 1. The van der Waals surface area contributed by atoms with Crippen LogP contribution in [0.1, 0.15) is 27.0 Å². The Morgan fingerprint density at radius 1 is 1.00 bits per heavy atom. The van der Waals surface area contributed by atoms with E-state index in [1.54, 1.807) is 12.1 Å². The average Bonchev–Trinajstić information content (AvgIpc) is 3.12. The molecule has 1 heterocycles. The van der Waals surface area contributed by atoms with Crippen LogP contribution in [0.5, 0.6) is 0 Å².